The molecule has 0 atom stereocenters. The van der Waals surface area contributed by atoms with E-state index < -0.39 is 0 Å². The minimum atomic E-state index is 0.186. The van der Waals surface area contributed by atoms with Crippen LogP contribution in [0.1, 0.15) is 52.9 Å². The van der Waals surface area contributed by atoms with Crippen molar-refractivity contribution in [1.29, 1.82) is 0 Å². The van der Waals surface area contributed by atoms with Crippen LogP contribution in [0.25, 0.3) is 0 Å². The molecule has 0 aliphatic carbocycles. The summed E-state index contributed by atoms with van der Waals surface area (Å²) in [6.45, 7) is 8.50. The van der Waals surface area contributed by atoms with Gasteiger partial charge in [-0.15, -0.1) is 0 Å². The number of carbonyl (C=O) groups is 1. The Morgan fingerprint density at radius 3 is 2.31 bits per heavy atom. The molecule has 0 heterocycles. The van der Waals surface area contributed by atoms with Gasteiger partial charge in [-0.25, -0.2) is 0 Å². The highest BCUT2D eigenvalue weighted by molar-refractivity contribution is 5.75. The molecular weight excluding hydrogens is 200 g/mol. The largest absolute Gasteiger partial charge is 0.356 e. The third kappa shape index (κ3) is 11.5. The predicted octanol–water partition coefficient (Wildman–Crippen LogP) is 2.32. The molecule has 0 spiro atoms. The molecule has 0 radical (unpaired) electrons. The van der Waals surface area contributed by atoms with Crippen LogP contribution in [0.4, 0.5) is 0 Å². The maximum absolute atomic E-state index is 11.3. The van der Waals surface area contributed by atoms with Crippen LogP contribution in [0.3, 0.4) is 0 Å². The molecule has 3 nitrogen and oxygen atoms in total. The summed E-state index contributed by atoms with van der Waals surface area (Å²) in [5.41, 5.74) is 0.413. The van der Waals surface area contributed by atoms with Gasteiger partial charge in [-0.1, -0.05) is 27.2 Å². The molecule has 0 rings (SSSR count). The third-order valence-electron chi connectivity index (χ3n) is 2.51. The quantitative estimate of drug-likeness (QED) is 0.626. The first-order chi connectivity index (χ1) is 7.45. The van der Waals surface area contributed by atoms with Gasteiger partial charge in [0.25, 0.3) is 0 Å². The summed E-state index contributed by atoms with van der Waals surface area (Å²) < 4.78 is 0. The van der Waals surface area contributed by atoms with E-state index in [-0.39, 0.29) is 5.91 Å². The summed E-state index contributed by atoms with van der Waals surface area (Å²) in [6, 6.07) is 0. The summed E-state index contributed by atoms with van der Waals surface area (Å²) in [6.07, 6.45) is 5.07. The first kappa shape index (κ1) is 15.4. The summed E-state index contributed by atoms with van der Waals surface area (Å²) in [5.74, 6) is 0.186. The third-order valence-corrected chi connectivity index (χ3v) is 2.51. The van der Waals surface area contributed by atoms with Crippen molar-refractivity contribution in [1.82, 2.24) is 10.6 Å². The lowest BCUT2D eigenvalue weighted by Crippen LogP contribution is -2.25. The number of amides is 1. The van der Waals surface area contributed by atoms with Crippen LogP contribution in [0.2, 0.25) is 0 Å². The molecule has 0 unspecified atom stereocenters. The maximum atomic E-state index is 11.3. The Labute approximate surface area is 100 Å². The van der Waals surface area contributed by atoms with E-state index in [2.05, 4.69) is 31.4 Å². The van der Waals surface area contributed by atoms with Gasteiger partial charge >= 0.3 is 0 Å². The Balaban J connectivity index is 3.28. The van der Waals surface area contributed by atoms with Gasteiger partial charge in [0.2, 0.25) is 5.91 Å². The lowest BCUT2D eigenvalue weighted by molar-refractivity contribution is -0.121. The molecule has 1 amide bonds. The fourth-order valence-electron chi connectivity index (χ4n) is 1.52. The summed E-state index contributed by atoms with van der Waals surface area (Å²) in [7, 11) is 1.91. The Morgan fingerprint density at radius 2 is 1.75 bits per heavy atom. The molecule has 0 fully saturated rings. The van der Waals surface area contributed by atoms with Crippen LogP contribution >= 0.6 is 0 Å². The fourth-order valence-corrected chi connectivity index (χ4v) is 1.52. The highest BCUT2D eigenvalue weighted by Crippen LogP contribution is 2.21. The van der Waals surface area contributed by atoms with E-state index in [1.165, 1.54) is 12.8 Å². The summed E-state index contributed by atoms with van der Waals surface area (Å²) >= 11 is 0. The average Bonchev–Trinajstić information content (AvgIpc) is 2.16. The van der Waals surface area contributed by atoms with Gasteiger partial charge in [0.15, 0.2) is 0 Å². The van der Waals surface area contributed by atoms with Crippen LogP contribution < -0.4 is 10.6 Å². The maximum Gasteiger partial charge on any atom is 0.220 e. The van der Waals surface area contributed by atoms with Gasteiger partial charge < -0.3 is 10.6 Å². The summed E-state index contributed by atoms with van der Waals surface area (Å²) in [5, 5.41) is 6.00. The topological polar surface area (TPSA) is 41.1 Å². The lowest BCUT2D eigenvalue weighted by atomic mass is 9.90. The van der Waals surface area contributed by atoms with Gasteiger partial charge in [-0.05, 0) is 38.3 Å². The van der Waals surface area contributed by atoms with Crippen LogP contribution in [-0.4, -0.2) is 26.0 Å². The van der Waals surface area contributed by atoms with Crippen LogP contribution in [0.15, 0.2) is 0 Å². The molecule has 0 saturated carbocycles. The second kappa shape index (κ2) is 8.57. The normalized spacial score (nSPS) is 11.5. The number of hydrogen-bond acceptors (Lipinski definition) is 2. The average molecular weight is 228 g/mol. The number of unbranched alkanes of at least 4 members (excludes halogenated alkanes) is 1. The standard InChI is InChI=1S/C13H28N2O/c1-13(2,3)9-5-6-11-15-12(16)8-7-10-14-4/h14H,5-11H2,1-4H3,(H,15,16). The Bertz CT molecular complexity index is 185. The summed E-state index contributed by atoms with van der Waals surface area (Å²) in [4.78, 5) is 11.3. The zero-order valence-corrected chi connectivity index (χ0v) is 11.4. The van der Waals surface area contributed by atoms with Crippen molar-refractivity contribution < 1.29 is 4.79 Å². The molecule has 3 heteroatoms. The van der Waals surface area contributed by atoms with Crippen LogP contribution in [-0.2, 0) is 4.79 Å². The minimum Gasteiger partial charge on any atom is -0.356 e. The molecule has 0 aliphatic rings. The molecule has 96 valence electrons. The van der Waals surface area contributed by atoms with E-state index in [1.807, 2.05) is 7.05 Å². The van der Waals surface area contributed by atoms with E-state index >= 15 is 0 Å². The van der Waals surface area contributed by atoms with Gasteiger partial charge in [-0.3, -0.25) is 4.79 Å². The first-order valence-corrected chi connectivity index (χ1v) is 6.37. The lowest BCUT2D eigenvalue weighted by Gasteiger charge is -2.17. The van der Waals surface area contributed by atoms with Crippen LogP contribution in [0.5, 0.6) is 0 Å². The van der Waals surface area contributed by atoms with Gasteiger partial charge in [0, 0.05) is 13.0 Å². The minimum absolute atomic E-state index is 0.186. The number of hydrogen-bond donors (Lipinski definition) is 2. The number of carbonyl (C=O) groups excluding carboxylic acids is 1. The van der Waals surface area contributed by atoms with E-state index in [1.54, 1.807) is 0 Å². The molecule has 0 bridgehead atoms. The van der Waals surface area contributed by atoms with E-state index in [9.17, 15) is 4.79 Å². The van der Waals surface area contributed by atoms with Crippen molar-refractivity contribution in [2.24, 2.45) is 5.41 Å². The second-order valence-electron chi connectivity index (χ2n) is 5.57. The molecule has 0 aliphatic heterocycles. The monoisotopic (exact) mass is 228 g/mol. The second-order valence-corrected chi connectivity index (χ2v) is 5.57. The molecular formula is C13H28N2O. The predicted molar refractivity (Wildman–Crippen MR) is 69.5 cm³/mol. The Morgan fingerprint density at radius 1 is 1.06 bits per heavy atom. The number of nitrogens with one attached hydrogen (secondary N) is 2. The molecule has 2 N–H and O–H groups in total. The highest BCUT2D eigenvalue weighted by Gasteiger charge is 2.08. The highest BCUT2D eigenvalue weighted by atomic mass is 16.1. The van der Waals surface area contributed by atoms with Crippen molar-refractivity contribution in [3.8, 4) is 0 Å². The van der Waals surface area contributed by atoms with E-state index in [4.69, 9.17) is 0 Å². The SMILES string of the molecule is CNCCCC(=O)NCCCCC(C)(C)C. The number of rotatable bonds is 8. The van der Waals surface area contributed by atoms with Gasteiger partial charge in [0.05, 0.1) is 0 Å². The van der Waals surface area contributed by atoms with Crippen molar-refractivity contribution in [3.05, 3.63) is 0 Å². The van der Waals surface area contributed by atoms with Gasteiger partial charge in [-0.2, -0.15) is 0 Å². The van der Waals surface area contributed by atoms with Crippen molar-refractivity contribution in [2.45, 2.75) is 52.9 Å². The van der Waals surface area contributed by atoms with Gasteiger partial charge in [0.1, 0.15) is 0 Å². The zero-order valence-electron chi connectivity index (χ0n) is 11.4. The van der Waals surface area contributed by atoms with E-state index in [0.29, 0.717) is 11.8 Å². The Kier molecular flexibility index (Phi) is 8.26. The molecule has 16 heavy (non-hydrogen) atoms. The van der Waals surface area contributed by atoms with Crippen LogP contribution in [0, 0.1) is 5.41 Å². The van der Waals surface area contributed by atoms with Crippen molar-refractivity contribution in [3.63, 3.8) is 0 Å². The smallest absolute Gasteiger partial charge is 0.220 e. The molecule has 0 saturated heterocycles. The molecule has 0 aromatic rings. The Hall–Kier alpha value is -0.570. The zero-order chi connectivity index (χ0) is 12.4. The van der Waals surface area contributed by atoms with Crippen molar-refractivity contribution in [2.75, 3.05) is 20.1 Å². The first-order valence-electron chi connectivity index (χ1n) is 6.37. The molecule has 0 aromatic heterocycles. The molecule has 0 aromatic carbocycles. The van der Waals surface area contributed by atoms with E-state index in [0.717, 1.165) is 25.9 Å². The van der Waals surface area contributed by atoms with Crippen molar-refractivity contribution >= 4 is 5.91 Å². The fraction of sp³-hybridized carbons (Fsp3) is 0.923.